The predicted molar refractivity (Wildman–Crippen MR) is 48.6 cm³/mol. The molecule has 0 atom stereocenters. The first-order valence-electron chi connectivity index (χ1n) is 3.91. The average Bonchev–Trinajstić information content (AvgIpc) is 2.44. The first kappa shape index (κ1) is 7.31. The molecule has 0 unspecified atom stereocenters. The van der Waals surface area contributed by atoms with Crippen molar-refractivity contribution in [1.82, 2.24) is 9.55 Å². The van der Waals surface area contributed by atoms with Gasteiger partial charge in [-0.1, -0.05) is 0 Å². The second kappa shape index (κ2) is 2.60. The van der Waals surface area contributed by atoms with E-state index in [1.54, 1.807) is 6.20 Å². The van der Waals surface area contributed by atoms with Gasteiger partial charge in [-0.2, -0.15) is 0 Å². The lowest BCUT2D eigenvalue weighted by Gasteiger charge is -1.92. The number of aryl methyl sites for hydroxylation is 1. The van der Waals surface area contributed by atoms with E-state index >= 15 is 0 Å². The fraction of sp³-hybridized carbons (Fsp3) is 0.222. The zero-order valence-electron chi connectivity index (χ0n) is 6.99. The van der Waals surface area contributed by atoms with Crippen LogP contribution in [0, 0.1) is 0 Å². The number of hydrogen-bond acceptors (Lipinski definition) is 2. The first-order chi connectivity index (χ1) is 5.83. The van der Waals surface area contributed by atoms with Crippen molar-refractivity contribution in [1.29, 1.82) is 0 Å². The van der Waals surface area contributed by atoms with Crippen LogP contribution in [0.5, 0.6) is 0 Å². The molecule has 2 rings (SSSR count). The molecule has 62 valence electrons. The van der Waals surface area contributed by atoms with E-state index in [-0.39, 0.29) is 0 Å². The smallest absolute Gasteiger partial charge is 0.0667 e. The second-order valence-corrected chi connectivity index (χ2v) is 2.86. The van der Waals surface area contributed by atoms with Crippen LogP contribution in [0.3, 0.4) is 0 Å². The molecule has 0 saturated carbocycles. The Morgan fingerprint density at radius 2 is 2.42 bits per heavy atom. The van der Waals surface area contributed by atoms with Crippen LogP contribution < -0.4 is 5.73 Å². The molecule has 3 nitrogen and oxygen atoms in total. The van der Waals surface area contributed by atoms with Crippen LogP contribution in [0.25, 0.3) is 10.9 Å². The molecule has 0 fully saturated rings. The third kappa shape index (κ3) is 0.905. The molecule has 0 amide bonds. The summed E-state index contributed by atoms with van der Waals surface area (Å²) in [6.45, 7) is 0.585. The molecule has 2 aromatic heterocycles. The summed E-state index contributed by atoms with van der Waals surface area (Å²) in [6.07, 6.45) is 5.70. The highest BCUT2D eigenvalue weighted by Gasteiger charge is 2.02. The SMILES string of the molecule is Cn1cc(CN)c2ccncc21. The molecule has 0 aliphatic heterocycles. The summed E-state index contributed by atoms with van der Waals surface area (Å²) >= 11 is 0. The van der Waals surface area contributed by atoms with Crippen molar-refractivity contribution in [3.63, 3.8) is 0 Å². The molecule has 0 saturated heterocycles. The minimum atomic E-state index is 0.585. The summed E-state index contributed by atoms with van der Waals surface area (Å²) in [7, 11) is 2.00. The number of nitrogens with two attached hydrogens (primary N) is 1. The predicted octanol–water partition coefficient (Wildman–Crippen LogP) is 1.03. The van der Waals surface area contributed by atoms with Gasteiger partial charge in [0.1, 0.15) is 0 Å². The molecule has 0 bridgehead atoms. The fourth-order valence-electron chi connectivity index (χ4n) is 1.47. The summed E-state index contributed by atoms with van der Waals surface area (Å²) in [5.41, 5.74) is 7.91. The topological polar surface area (TPSA) is 43.8 Å². The largest absolute Gasteiger partial charge is 0.349 e. The molecular weight excluding hydrogens is 150 g/mol. The maximum Gasteiger partial charge on any atom is 0.0667 e. The molecule has 2 N–H and O–H groups in total. The van der Waals surface area contributed by atoms with E-state index in [1.807, 2.05) is 30.1 Å². The van der Waals surface area contributed by atoms with Gasteiger partial charge in [-0.05, 0) is 11.6 Å². The van der Waals surface area contributed by atoms with E-state index in [4.69, 9.17) is 5.73 Å². The van der Waals surface area contributed by atoms with Crippen molar-refractivity contribution < 1.29 is 0 Å². The van der Waals surface area contributed by atoms with Gasteiger partial charge in [-0.15, -0.1) is 0 Å². The van der Waals surface area contributed by atoms with Gasteiger partial charge in [0.15, 0.2) is 0 Å². The molecular formula is C9H11N3. The van der Waals surface area contributed by atoms with E-state index < -0.39 is 0 Å². The molecule has 12 heavy (non-hydrogen) atoms. The normalized spacial score (nSPS) is 10.8. The van der Waals surface area contributed by atoms with E-state index in [1.165, 1.54) is 10.9 Å². The molecule has 0 aliphatic rings. The molecule has 0 radical (unpaired) electrons. The number of fused-ring (bicyclic) bond motifs is 1. The molecule has 2 heterocycles. The third-order valence-corrected chi connectivity index (χ3v) is 2.10. The van der Waals surface area contributed by atoms with Crippen LogP contribution in [-0.2, 0) is 13.6 Å². The number of pyridine rings is 1. The van der Waals surface area contributed by atoms with Gasteiger partial charge < -0.3 is 10.3 Å². The van der Waals surface area contributed by atoms with Gasteiger partial charge in [-0.25, -0.2) is 0 Å². The van der Waals surface area contributed by atoms with Crippen molar-refractivity contribution in [3.8, 4) is 0 Å². The maximum atomic E-state index is 5.60. The first-order valence-corrected chi connectivity index (χ1v) is 3.91. The molecule has 2 aromatic rings. The van der Waals surface area contributed by atoms with Crippen molar-refractivity contribution >= 4 is 10.9 Å². The van der Waals surface area contributed by atoms with Gasteiger partial charge in [0.25, 0.3) is 0 Å². The highest BCUT2D eigenvalue weighted by molar-refractivity contribution is 5.82. The Hall–Kier alpha value is -1.35. The Morgan fingerprint density at radius 3 is 3.17 bits per heavy atom. The second-order valence-electron chi connectivity index (χ2n) is 2.86. The Labute approximate surface area is 70.8 Å². The van der Waals surface area contributed by atoms with Gasteiger partial charge in [-0.3, -0.25) is 4.98 Å². The average molecular weight is 161 g/mol. The monoisotopic (exact) mass is 161 g/mol. The summed E-state index contributed by atoms with van der Waals surface area (Å²) in [4.78, 5) is 4.06. The number of nitrogens with zero attached hydrogens (tertiary/aromatic N) is 2. The van der Waals surface area contributed by atoms with Crippen LogP contribution in [0.1, 0.15) is 5.56 Å². The summed E-state index contributed by atoms with van der Waals surface area (Å²) < 4.78 is 2.05. The zero-order valence-corrected chi connectivity index (χ0v) is 6.99. The summed E-state index contributed by atoms with van der Waals surface area (Å²) in [6, 6.07) is 2.00. The lowest BCUT2D eigenvalue weighted by atomic mass is 10.2. The molecule has 0 spiro atoms. The van der Waals surface area contributed by atoms with Crippen LogP contribution in [0.15, 0.2) is 24.7 Å². The highest BCUT2D eigenvalue weighted by Crippen LogP contribution is 2.18. The molecule has 3 heteroatoms. The van der Waals surface area contributed by atoms with E-state index in [2.05, 4.69) is 4.98 Å². The van der Waals surface area contributed by atoms with Crippen LogP contribution in [0.2, 0.25) is 0 Å². The minimum Gasteiger partial charge on any atom is -0.349 e. The number of hydrogen-bond donors (Lipinski definition) is 1. The standard InChI is InChI=1S/C9H11N3/c1-12-6-7(4-10)8-2-3-11-5-9(8)12/h2-3,5-6H,4,10H2,1H3. The van der Waals surface area contributed by atoms with Crippen LogP contribution in [0.4, 0.5) is 0 Å². The lowest BCUT2D eigenvalue weighted by molar-refractivity contribution is 0.946. The van der Waals surface area contributed by atoms with Gasteiger partial charge in [0.05, 0.1) is 11.7 Å². The summed E-state index contributed by atoms with van der Waals surface area (Å²) in [5, 5.41) is 1.20. The number of aromatic nitrogens is 2. The van der Waals surface area contributed by atoms with Crippen molar-refractivity contribution in [2.45, 2.75) is 6.54 Å². The number of rotatable bonds is 1. The van der Waals surface area contributed by atoms with E-state index in [9.17, 15) is 0 Å². The Kier molecular flexibility index (Phi) is 1.59. The fourth-order valence-corrected chi connectivity index (χ4v) is 1.47. The van der Waals surface area contributed by atoms with Crippen LogP contribution >= 0.6 is 0 Å². The van der Waals surface area contributed by atoms with Gasteiger partial charge in [0.2, 0.25) is 0 Å². The maximum absolute atomic E-state index is 5.60. The van der Waals surface area contributed by atoms with Gasteiger partial charge in [0, 0.05) is 31.4 Å². The third-order valence-electron chi connectivity index (χ3n) is 2.10. The Bertz CT molecular complexity index is 403. The molecule has 0 aliphatic carbocycles. The van der Waals surface area contributed by atoms with E-state index in [0.29, 0.717) is 6.54 Å². The minimum absolute atomic E-state index is 0.585. The Balaban J connectivity index is 2.82. The highest BCUT2D eigenvalue weighted by atomic mass is 14.9. The Morgan fingerprint density at radius 1 is 1.58 bits per heavy atom. The van der Waals surface area contributed by atoms with Crippen molar-refractivity contribution in [3.05, 3.63) is 30.2 Å². The van der Waals surface area contributed by atoms with Crippen LogP contribution in [-0.4, -0.2) is 9.55 Å². The molecule has 0 aromatic carbocycles. The summed E-state index contributed by atoms with van der Waals surface area (Å²) in [5.74, 6) is 0. The van der Waals surface area contributed by atoms with Crippen molar-refractivity contribution in [2.75, 3.05) is 0 Å². The quantitative estimate of drug-likeness (QED) is 0.679. The van der Waals surface area contributed by atoms with Crippen molar-refractivity contribution in [2.24, 2.45) is 12.8 Å². The van der Waals surface area contributed by atoms with Gasteiger partial charge >= 0.3 is 0 Å². The zero-order chi connectivity index (χ0) is 8.55. The van der Waals surface area contributed by atoms with E-state index in [0.717, 1.165) is 5.52 Å². The lowest BCUT2D eigenvalue weighted by Crippen LogP contribution is -1.94.